The Morgan fingerprint density at radius 2 is 1.64 bits per heavy atom. The molecule has 0 spiro atoms. The average Bonchev–Trinajstić information content (AvgIpc) is 1.86. The van der Waals surface area contributed by atoms with E-state index in [1.54, 1.807) is 0 Å². The highest BCUT2D eigenvalue weighted by Crippen LogP contribution is 2.11. The van der Waals surface area contributed by atoms with Crippen LogP contribution >= 0.6 is 0 Å². The fourth-order valence-corrected chi connectivity index (χ4v) is 1.36. The first-order chi connectivity index (χ1) is 5.07. The van der Waals surface area contributed by atoms with Crippen LogP contribution in [0, 0.1) is 11.8 Å². The third-order valence-corrected chi connectivity index (χ3v) is 2.00. The van der Waals surface area contributed by atoms with E-state index in [1.165, 1.54) is 6.42 Å². The Hall–Kier alpha value is -0.0400. The van der Waals surface area contributed by atoms with Crippen molar-refractivity contribution in [3.63, 3.8) is 0 Å². The first-order valence-electron chi connectivity index (χ1n) is 4.81. The predicted octanol–water partition coefficient (Wildman–Crippen LogP) is 2.67. The Bertz CT molecular complexity index is 86.9. The minimum absolute atomic E-state index is 0.708. The highest BCUT2D eigenvalue weighted by molar-refractivity contribution is 4.70. The second kappa shape index (κ2) is 5.59. The van der Waals surface area contributed by atoms with E-state index < -0.39 is 0 Å². The molecule has 0 fully saturated rings. The van der Waals surface area contributed by atoms with Crippen LogP contribution in [0.15, 0.2) is 0 Å². The molecular weight excluding hydrogens is 134 g/mol. The maximum Gasteiger partial charge on any atom is 0.00923 e. The Kier molecular flexibility index (Phi) is 5.57. The van der Waals surface area contributed by atoms with E-state index in [4.69, 9.17) is 0 Å². The van der Waals surface area contributed by atoms with Crippen molar-refractivity contribution in [1.29, 1.82) is 0 Å². The van der Waals surface area contributed by atoms with Crippen molar-refractivity contribution in [3.8, 4) is 0 Å². The molecule has 0 saturated heterocycles. The lowest BCUT2D eigenvalue weighted by Crippen LogP contribution is -2.34. The maximum absolute atomic E-state index is 3.51. The molecule has 1 unspecified atom stereocenters. The van der Waals surface area contributed by atoms with Crippen molar-refractivity contribution in [2.24, 2.45) is 11.8 Å². The standard InChI is InChI=1S/C10H23N/c1-6-11-10(9(4)5)7-8(2)3/h8-11H,6-7H2,1-5H3. The molecule has 68 valence electrons. The molecule has 0 aromatic rings. The summed E-state index contributed by atoms with van der Waals surface area (Å²) in [5.41, 5.74) is 0. The molecule has 1 nitrogen and oxygen atoms in total. The molecule has 0 rings (SSSR count). The summed E-state index contributed by atoms with van der Waals surface area (Å²) >= 11 is 0. The van der Waals surface area contributed by atoms with Gasteiger partial charge in [0.15, 0.2) is 0 Å². The van der Waals surface area contributed by atoms with Crippen molar-refractivity contribution in [1.82, 2.24) is 5.32 Å². The van der Waals surface area contributed by atoms with Gasteiger partial charge >= 0.3 is 0 Å². The van der Waals surface area contributed by atoms with E-state index in [1.807, 2.05) is 0 Å². The molecule has 0 aliphatic rings. The van der Waals surface area contributed by atoms with Gasteiger partial charge in [0.25, 0.3) is 0 Å². The summed E-state index contributed by atoms with van der Waals surface area (Å²) in [6.45, 7) is 12.4. The van der Waals surface area contributed by atoms with Gasteiger partial charge in [0.05, 0.1) is 0 Å². The Morgan fingerprint density at radius 1 is 1.09 bits per heavy atom. The molecule has 0 radical (unpaired) electrons. The second-order valence-electron chi connectivity index (χ2n) is 4.04. The first kappa shape index (κ1) is 11.0. The summed E-state index contributed by atoms with van der Waals surface area (Å²) in [5.74, 6) is 1.57. The molecule has 0 aliphatic heterocycles. The van der Waals surface area contributed by atoms with Crippen LogP contribution in [0.5, 0.6) is 0 Å². The van der Waals surface area contributed by atoms with E-state index >= 15 is 0 Å². The molecule has 1 atom stereocenters. The van der Waals surface area contributed by atoms with Crippen LogP contribution in [0.3, 0.4) is 0 Å². The highest BCUT2D eigenvalue weighted by atomic mass is 14.9. The molecule has 0 heterocycles. The van der Waals surface area contributed by atoms with E-state index in [2.05, 4.69) is 39.9 Å². The van der Waals surface area contributed by atoms with E-state index in [-0.39, 0.29) is 0 Å². The maximum atomic E-state index is 3.51. The SMILES string of the molecule is CCNC(CC(C)C)C(C)C. The summed E-state index contributed by atoms with van der Waals surface area (Å²) in [5, 5.41) is 3.51. The van der Waals surface area contributed by atoms with Gasteiger partial charge in [-0.25, -0.2) is 0 Å². The summed E-state index contributed by atoms with van der Waals surface area (Å²) in [6, 6.07) is 0.708. The smallest absolute Gasteiger partial charge is 0.00923 e. The number of rotatable bonds is 5. The Morgan fingerprint density at radius 3 is 1.91 bits per heavy atom. The number of hydrogen-bond acceptors (Lipinski definition) is 1. The zero-order chi connectivity index (χ0) is 8.85. The molecule has 0 bridgehead atoms. The Balaban J connectivity index is 3.69. The van der Waals surface area contributed by atoms with Crippen molar-refractivity contribution in [2.45, 2.75) is 47.1 Å². The minimum atomic E-state index is 0.708. The molecule has 0 aromatic carbocycles. The topological polar surface area (TPSA) is 12.0 Å². The van der Waals surface area contributed by atoms with Crippen molar-refractivity contribution < 1.29 is 0 Å². The molecule has 11 heavy (non-hydrogen) atoms. The molecule has 1 N–H and O–H groups in total. The summed E-state index contributed by atoms with van der Waals surface area (Å²) < 4.78 is 0. The average molecular weight is 157 g/mol. The third-order valence-electron chi connectivity index (χ3n) is 2.00. The number of nitrogens with one attached hydrogen (secondary N) is 1. The lowest BCUT2D eigenvalue weighted by Gasteiger charge is -2.23. The largest absolute Gasteiger partial charge is 0.314 e. The lowest BCUT2D eigenvalue weighted by molar-refractivity contribution is 0.344. The zero-order valence-electron chi connectivity index (χ0n) is 8.65. The minimum Gasteiger partial charge on any atom is -0.314 e. The van der Waals surface area contributed by atoms with Gasteiger partial charge < -0.3 is 5.32 Å². The van der Waals surface area contributed by atoms with Crippen LogP contribution in [0.4, 0.5) is 0 Å². The van der Waals surface area contributed by atoms with Crippen LogP contribution < -0.4 is 5.32 Å². The van der Waals surface area contributed by atoms with Crippen molar-refractivity contribution >= 4 is 0 Å². The van der Waals surface area contributed by atoms with Crippen LogP contribution in [0.25, 0.3) is 0 Å². The van der Waals surface area contributed by atoms with Gasteiger partial charge in [0, 0.05) is 6.04 Å². The second-order valence-corrected chi connectivity index (χ2v) is 4.04. The van der Waals surface area contributed by atoms with Gasteiger partial charge in [-0.2, -0.15) is 0 Å². The molecular formula is C10H23N. The van der Waals surface area contributed by atoms with Crippen LogP contribution in [-0.2, 0) is 0 Å². The Labute approximate surface area is 71.6 Å². The van der Waals surface area contributed by atoms with Crippen LogP contribution in [0.2, 0.25) is 0 Å². The van der Waals surface area contributed by atoms with Crippen molar-refractivity contribution in [2.75, 3.05) is 6.54 Å². The molecule has 1 heteroatoms. The van der Waals surface area contributed by atoms with E-state index in [0.29, 0.717) is 6.04 Å². The van der Waals surface area contributed by atoms with Crippen molar-refractivity contribution in [3.05, 3.63) is 0 Å². The lowest BCUT2D eigenvalue weighted by atomic mass is 9.95. The van der Waals surface area contributed by atoms with Gasteiger partial charge in [-0.1, -0.05) is 34.6 Å². The quantitative estimate of drug-likeness (QED) is 0.647. The zero-order valence-corrected chi connectivity index (χ0v) is 8.65. The molecule has 0 aromatic heterocycles. The molecule has 0 saturated carbocycles. The fraction of sp³-hybridized carbons (Fsp3) is 1.00. The van der Waals surface area contributed by atoms with Crippen LogP contribution in [0.1, 0.15) is 41.0 Å². The number of hydrogen-bond donors (Lipinski definition) is 1. The van der Waals surface area contributed by atoms with E-state index in [9.17, 15) is 0 Å². The van der Waals surface area contributed by atoms with Gasteiger partial charge in [-0.3, -0.25) is 0 Å². The monoisotopic (exact) mass is 157 g/mol. The highest BCUT2D eigenvalue weighted by Gasteiger charge is 2.12. The van der Waals surface area contributed by atoms with Gasteiger partial charge in [-0.15, -0.1) is 0 Å². The first-order valence-corrected chi connectivity index (χ1v) is 4.81. The summed E-state index contributed by atoms with van der Waals surface area (Å²) in [4.78, 5) is 0. The molecule has 0 aliphatic carbocycles. The molecule has 0 amide bonds. The van der Waals surface area contributed by atoms with Gasteiger partial charge in [-0.05, 0) is 24.8 Å². The fourth-order valence-electron chi connectivity index (χ4n) is 1.36. The van der Waals surface area contributed by atoms with E-state index in [0.717, 1.165) is 18.4 Å². The summed E-state index contributed by atoms with van der Waals surface area (Å²) in [6.07, 6.45) is 1.30. The predicted molar refractivity (Wildman–Crippen MR) is 51.8 cm³/mol. The van der Waals surface area contributed by atoms with Crippen LogP contribution in [-0.4, -0.2) is 12.6 Å². The van der Waals surface area contributed by atoms with Gasteiger partial charge in [0.1, 0.15) is 0 Å². The van der Waals surface area contributed by atoms with Gasteiger partial charge in [0.2, 0.25) is 0 Å². The summed E-state index contributed by atoms with van der Waals surface area (Å²) in [7, 11) is 0. The normalized spacial score (nSPS) is 14.5. The third kappa shape index (κ3) is 5.25.